The molecule has 4 rings (SSSR count). The third-order valence-electron chi connectivity index (χ3n) is 6.52. The lowest BCUT2D eigenvalue weighted by Gasteiger charge is -2.51. The Morgan fingerprint density at radius 1 is 1.22 bits per heavy atom. The van der Waals surface area contributed by atoms with Crippen LogP contribution in [-0.4, -0.2) is 57.4 Å². The summed E-state index contributed by atoms with van der Waals surface area (Å²) in [6.45, 7) is 6.31. The van der Waals surface area contributed by atoms with Crippen LogP contribution in [0.5, 0.6) is 0 Å². The van der Waals surface area contributed by atoms with Crippen LogP contribution in [0.15, 0.2) is 23.8 Å². The predicted molar refractivity (Wildman–Crippen MR) is 109 cm³/mol. The molecular formula is C21H28N4OS. The zero-order valence-corrected chi connectivity index (χ0v) is 17.3. The van der Waals surface area contributed by atoms with Crippen molar-refractivity contribution in [2.45, 2.75) is 57.5 Å². The highest BCUT2D eigenvalue weighted by Gasteiger charge is 2.46. The molecule has 0 unspecified atom stereocenters. The van der Waals surface area contributed by atoms with Gasteiger partial charge in [0.05, 0.1) is 33.4 Å². The number of amides is 1. The fraction of sp³-hybridized carbons (Fsp3) is 0.571. The molecule has 0 aromatic carbocycles. The minimum absolute atomic E-state index is 0.0809. The number of aryl methyl sites for hydroxylation is 1. The second kappa shape index (κ2) is 7.32. The zero-order valence-electron chi connectivity index (χ0n) is 16.4. The van der Waals surface area contributed by atoms with Crippen LogP contribution in [0, 0.1) is 6.92 Å². The summed E-state index contributed by atoms with van der Waals surface area (Å²) in [5, 5.41) is 0. The number of hydrogen-bond acceptors (Lipinski definition) is 5. The van der Waals surface area contributed by atoms with E-state index in [0.717, 1.165) is 42.2 Å². The van der Waals surface area contributed by atoms with E-state index in [4.69, 9.17) is 0 Å². The molecule has 4 heterocycles. The molecule has 5 nitrogen and oxygen atoms in total. The number of carbonyl (C=O) groups excluding carboxylic acids is 1. The van der Waals surface area contributed by atoms with E-state index in [1.165, 1.54) is 19.3 Å². The quantitative estimate of drug-likeness (QED) is 0.785. The molecule has 144 valence electrons. The van der Waals surface area contributed by atoms with E-state index in [1.54, 1.807) is 17.5 Å². The first-order chi connectivity index (χ1) is 13.0. The van der Waals surface area contributed by atoms with Gasteiger partial charge < -0.3 is 4.90 Å². The van der Waals surface area contributed by atoms with Gasteiger partial charge >= 0.3 is 0 Å². The monoisotopic (exact) mass is 384 g/mol. The number of pyridine rings is 1. The number of fused-ring (bicyclic) bond motifs is 1. The van der Waals surface area contributed by atoms with Crippen molar-refractivity contribution in [2.24, 2.45) is 0 Å². The third-order valence-corrected chi connectivity index (χ3v) is 7.47. The average Bonchev–Trinajstić information content (AvgIpc) is 3.04. The maximum absolute atomic E-state index is 13.3. The van der Waals surface area contributed by atoms with Gasteiger partial charge in [-0.2, -0.15) is 0 Å². The lowest BCUT2D eigenvalue weighted by Crippen LogP contribution is -2.63. The average molecular weight is 385 g/mol. The summed E-state index contributed by atoms with van der Waals surface area (Å²) >= 11 is 1.59. The Hall–Kier alpha value is -1.79. The van der Waals surface area contributed by atoms with E-state index in [2.05, 4.69) is 33.7 Å². The number of nitrogens with zero attached hydrogens (tertiary/aromatic N) is 4. The molecule has 0 saturated carbocycles. The van der Waals surface area contributed by atoms with Gasteiger partial charge in [-0.3, -0.25) is 14.7 Å². The number of likely N-dealkylation sites (N-methyl/N-ethyl adjacent to an activating group) is 1. The van der Waals surface area contributed by atoms with Crippen molar-refractivity contribution in [3.63, 3.8) is 0 Å². The summed E-state index contributed by atoms with van der Waals surface area (Å²) in [5.74, 6) is 0.126. The Kier molecular flexibility index (Phi) is 5.03. The molecule has 0 N–H and O–H groups in total. The molecule has 2 atom stereocenters. The van der Waals surface area contributed by atoms with Gasteiger partial charge in [-0.15, -0.1) is 11.3 Å². The first kappa shape index (κ1) is 18.6. The van der Waals surface area contributed by atoms with Gasteiger partial charge in [-0.1, -0.05) is 6.42 Å². The second-order valence-corrected chi connectivity index (χ2v) is 8.95. The van der Waals surface area contributed by atoms with Crippen LogP contribution >= 0.6 is 11.3 Å². The maximum atomic E-state index is 13.3. The van der Waals surface area contributed by atoms with Crippen molar-refractivity contribution in [1.29, 1.82) is 0 Å². The Balaban J connectivity index is 1.59. The van der Waals surface area contributed by atoms with Crippen LogP contribution < -0.4 is 0 Å². The summed E-state index contributed by atoms with van der Waals surface area (Å²) < 4.78 is 0. The van der Waals surface area contributed by atoms with Crippen molar-refractivity contribution in [1.82, 2.24) is 19.8 Å². The van der Waals surface area contributed by atoms with Gasteiger partial charge in [-0.05, 0) is 65.3 Å². The Morgan fingerprint density at radius 3 is 2.78 bits per heavy atom. The molecule has 2 fully saturated rings. The topological polar surface area (TPSA) is 49.3 Å². The highest BCUT2D eigenvalue weighted by Crippen LogP contribution is 2.38. The van der Waals surface area contributed by atoms with Crippen LogP contribution in [0.3, 0.4) is 0 Å². The molecule has 1 amide bonds. The highest BCUT2D eigenvalue weighted by atomic mass is 32.1. The summed E-state index contributed by atoms with van der Waals surface area (Å²) in [5.41, 5.74) is 4.49. The zero-order chi connectivity index (χ0) is 19.0. The Labute approximate surface area is 165 Å². The molecule has 0 radical (unpaired) electrons. The predicted octanol–water partition coefficient (Wildman–Crippen LogP) is 3.99. The minimum atomic E-state index is 0.0809. The number of thiazole rings is 1. The normalized spacial score (nSPS) is 26.5. The van der Waals surface area contributed by atoms with Crippen LogP contribution in [0.4, 0.5) is 0 Å². The SMILES string of the molecule is Cc1ncsc1-c1ccc(C(=O)N2CCC[C@@]3(C)[C@@H]2CCCCN3C)cn1. The molecular weight excluding hydrogens is 356 g/mol. The van der Waals surface area contributed by atoms with Gasteiger partial charge in [0.25, 0.3) is 5.91 Å². The maximum Gasteiger partial charge on any atom is 0.255 e. The van der Waals surface area contributed by atoms with Crippen LogP contribution in [0.2, 0.25) is 0 Å². The van der Waals surface area contributed by atoms with Crippen molar-refractivity contribution < 1.29 is 4.79 Å². The highest BCUT2D eigenvalue weighted by molar-refractivity contribution is 7.13. The van der Waals surface area contributed by atoms with Gasteiger partial charge in [0.15, 0.2) is 0 Å². The van der Waals surface area contributed by atoms with E-state index < -0.39 is 0 Å². The Bertz CT molecular complexity index is 818. The molecule has 2 aliphatic rings. The number of rotatable bonds is 2. The van der Waals surface area contributed by atoms with Crippen LogP contribution in [-0.2, 0) is 0 Å². The summed E-state index contributed by atoms with van der Waals surface area (Å²) in [6, 6.07) is 4.17. The van der Waals surface area contributed by atoms with E-state index in [1.807, 2.05) is 24.6 Å². The first-order valence-electron chi connectivity index (χ1n) is 9.89. The number of hydrogen-bond donors (Lipinski definition) is 0. The van der Waals surface area contributed by atoms with Gasteiger partial charge in [0.1, 0.15) is 0 Å². The fourth-order valence-electron chi connectivity index (χ4n) is 4.73. The minimum Gasteiger partial charge on any atom is -0.334 e. The van der Waals surface area contributed by atoms with E-state index in [9.17, 15) is 4.79 Å². The molecule has 2 aliphatic heterocycles. The second-order valence-electron chi connectivity index (χ2n) is 8.09. The van der Waals surface area contributed by atoms with Crippen molar-refractivity contribution >= 4 is 17.2 Å². The van der Waals surface area contributed by atoms with Crippen molar-refractivity contribution in [3.8, 4) is 10.6 Å². The van der Waals surface area contributed by atoms with Crippen LogP contribution in [0.25, 0.3) is 10.6 Å². The van der Waals surface area contributed by atoms with E-state index in [-0.39, 0.29) is 17.5 Å². The molecule has 27 heavy (non-hydrogen) atoms. The molecule has 2 aromatic rings. The van der Waals surface area contributed by atoms with E-state index in [0.29, 0.717) is 5.56 Å². The lowest BCUT2D eigenvalue weighted by molar-refractivity contribution is -0.00337. The molecule has 2 aromatic heterocycles. The number of likely N-dealkylation sites (tertiary alicyclic amines) is 2. The van der Waals surface area contributed by atoms with Gasteiger partial charge in [0.2, 0.25) is 0 Å². The number of carbonyl (C=O) groups is 1. The molecule has 0 bridgehead atoms. The largest absolute Gasteiger partial charge is 0.334 e. The van der Waals surface area contributed by atoms with Crippen LogP contribution in [0.1, 0.15) is 55.1 Å². The standard InChI is InChI=1S/C21H28N4OS/c1-15-19(27-14-23-15)17-9-8-16(13-22-17)20(26)25-12-6-10-21(2)18(25)7-4-5-11-24(21)3/h8-9,13-14,18H,4-7,10-12H2,1-3H3/t18-,21-/m0/s1. The lowest BCUT2D eigenvalue weighted by atomic mass is 9.80. The molecule has 2 saturated heterocycles. The number of piperidine rings is 1. The van der Waals surface area contributed by atoms with Gasteiger partial charge in [0, 0.05) is 18.3 Å². The van der Waals surface area contributed by atoms with Crippen molar-refractivity contribution in [2.75, 3.05) is 20.1 Å². The summed E-state index contributed by atoms with van der Waals surface area (Å²) in [4.78, 5) is 27.9. The fourth-order valence-corrected chi connectivity index (χ4v) is 5.51. The number of aromatic nitrogens is 2. The van der Waals surface area contributed by atoms with Gasteiger partial charge in [-0.25, -0.2) is 4.98 Å². The Morgan fingerprint density at radius 2 is 2.07 bits per heavy atom. The molecule has 6 heteroatoms. The molecule has 0 aliphatic carbocycles. The molecule has 0 spiro atoms. The smallest absolute Gasteiger partial charge is 0.255 e. The summed E-state index contributed by atoms with van der Waals surface area (Å²) in [7, 11) is 2.22. The third kappa shape index (κ3) is 3.29. The first-order valence-corrected chi connectivity index (χ1v) is 10.8. The van der Waals surface area contributed by atoms with Crippen molar-refractivity contribution in [3.05, 3.63) is 35.1 Å². The summed E-state index contributed by atoms with van der Waals surface area (Å²) in [6.07, 6.45) is 7.47. The van der Waals surface area contributed by atoms with E-state index >= 15 is 0 Å².